The molecule has 2 aromatic rings. The summed E-state index contributed by atoms with van der Waals surface area (Å²) >= 11 is 6.22. The molecule has 0 radical (unpaired) electrons. The molecule has 1 fully saturated rings. The number of rotatable bonds is 2. The lowest BCUT2D eigenvalue weighted by Crippen LogP contribution is -2.19. The van der Waals surface area contributed by atoms with Crippen molar-refractivity contribution in [2.75, 3.05) is 12.3 Å². The third kappa shape index (κ3) is 2.06. The van der Waals surface area contributed by atoms with Crippen LogP contribution in [0.4, 0.5) is 5.69 Å². The lowest BCUT2D eigenvalue weighted by Gasteiger charge is -2.16. The van der Waals surface area contributed by atoms with E-state index in [1.807, 2.05) is 6.92 Å². The summed E-state index contributed by atoms with van der Waals surface area (Å²) in [5.74, 6) is 0.588. The second-order valence-electron chi connectivity index (χ2n) is 4.58. The molecule has 0 aliphatic carbocycles. The highest BCUT2D eigenvalue weighted by atomic mass is 35.5. The standard InChI is InChI=1S/C12H14ClN5O/c1-7-10(5-6-19-7)18-12(15-16-17-18)11-8(13)3-2-4-9(11)14/h2-4,7,10H,5-6,14H2,1H3. The van der Waals surface area contributed by atoms with Crippen LogP contribution in [0.25, 0.3) is 11.4 Å². The molecule has 2 N–H and O–H groups in total. The zero-order valence-corrected chi connectivity index (χ0v) is 11.2. The Morgan fingerprint density at radius 3 is 3.00 bits per heavy atom. The van der Waals surface area contributed by atoms with E-state index >= 15 is 0 Å². The Morgan fingerprint density at radius 2 is 2.32 bits per heavy atom. The molecular formula is C12H14ClN5O. The van der Waals surface area contributed by atoms with Gasteiger partial charge in [-0.25, -0.2) is 4.68 Å². The van der Waals surface area contributed by atoms with Gasteiger partial charge in [0.2, 0.25) is 0 Å². The molecule has 100 valence electrons. The molecule has 19 heavy (non-hydrogen) atoms. The zero-order valence-electron chi connectivity index (χ0n) is 10.5. The summed E-state index contributed by atoms with van der Waals surface area (Å²) in [6.45, 7) is 2.72. The highest BCUT2D eigenvalue weighted by Gasteiger charge is 2.30. The van der Waals surface area contributed by atoms with Gasteiger partial charge in [-0.1, -0.05) is 17.7 Å². The zero-order chi connectivity index (χ0) is 13.4. The highest BCUT2D eigenvalue weighted by Crippen LogP contribution is 2.35. The van der Waals surface area contributed by atoms with E-state index < -0.39 is 0 Å². The quantitative estimate of drug-likeness (QED) is 0.850. The fourth-order valence-corrected chi connectivity index (χ4v) is 2.67. The number of nitrogens with two attached hydrogens (primary N) is 1. The molecule has 6 nitrogen and oxygen atoms in total. The average molecular weight is 280 g/mol. The van der Waals surface area contributed by atoms with Crippen molar-refractivity contribution in [2.24, 2.45) is 0 Å². The lowest BCUT2D eigenvalue weighted by molar-refractivity contribution is 0.105. The Bertz CT molecular complexity index is 579. The van der Waals surface area contributed by atoms with Crippen LogP contribution in [-0.2, 0) is 4.74 Å². The first-order valence-electron chi connectivity index (χ1n) is 6.12. The Balaban J connectivity index is 2.10. The number of hydrogen-bond donors (Lipinski definition) is 1. The van der Waals surface area contributed by atoms with Gasteiger partial charge in [0.05, 0.1) is 22.7 Å². The minimum Gasteiger partial charge on any atom is -0.398 e. The molecule has 1 saturated heterocycles. The van der Waals surface area contributed by atoms with Gasteiger partial charge >= 0.3 is 0 Å². The summed E-state index contributed by atoms with van der Waals surface area (Å²) in [5.41, 5.74) is 7.23. The van der Waals surface area contributed by atoms with Crippen LogP contribution in [0.3, 0.4) is 0 Å². The van der Waals surface area contributed by atoms with Crippen molar-refractivity contribution in [1.29, 1.82) is 0 Å². The second-order valence-corrected chi connectivity index (χ2v) is 4.99. The minimum absolute atomic E-state index is 0.0750. The maximum Gasteiger partial charge on any atom is 0.185 e. The predicted octanol–water partition coefficient (Wildman–Crippen LogP) is 1.93. The molecule has 2 unspecified atom stereocenters. The number of tetrazole rings is 1. The molecule has 1 aliphatic heterocycles. The van der Waals surface area contributed by atoms with E-state index in [-0.39, 0.29) is 12.1 Å². The monoisotopic (exact) mass is 279 g/mol. The van der Waals surface area contributed by atoms with Crippen LogP contribution < -0.4 is 5.73 Å². The van der Waals surface area contributed by atoms with Crippen molar-refractivity contribution in [2.45, 2.75) is 25.5 Å². The number of anilines is 1. The molecule has 0 amide bonds. The SMILES string of the molecule is CC1OCCC1n1nnnc1-c1c(N)cccc1Cl. The topological polar surface area (TPSA) is 78.8 Å². The average Bonchev–Trinajstić information content (AvgIpc) is 2.97. The fraction of sp³-hybridized carbons (Fsp3) is 0.417. The van der Waals surface area contributed by atoms with Gasteiger partial charge in [-0.15, -0.1) is 5.10 Å². The molecule has 1 aromatic heterocycles. The maximum atomic E-state index is 6.22. The van der Waals surface area contributed by atoms with Crippen LogP contribution >= 0.6 is 11.6 Å². The number of halogens is 1. The fourth-order valence-electron chi connectivity index (χ4n) is 2.40. The number of nitrogens with zero attached hydrogens (tertiary/aromatic N) is 4. The van der Waals surface area contributed by atoms with Crippen molar-refractivity contribution in [3.05, 3.63) is 23.2 Å². The predicted molar refractivity (Wildman–Crippen MR) is 71.7 cm³/mol. The van der Waals surface area contributed by atoms with Gasteiger partial charge in [0.25, 0.3) is 0 Å². The van der Waals surface area contributed by atoms with Crippen molar-refractivity contribution >= 4 is 17.3 Å². The van der Waals surface area contributed by atoms with Crippen LogP contribution in [0.2, 0.25) is 5.02 Å². The Hall–Kier alpha value is -1.66. The maximum absolute atomic E-state index is 6.22. The summed E-state index contributed by atoms with van der Waals surface area (Å²) in [7, 11) is 0. The van der Waals surface area contributed by atoms with E-state index in [0.29, 0.717) is 28.7 Å². The summed E-state index contributed by atoms with van der Waals surface area (Å²) < 4.78 is 7.32. The third-order valence-electron chi connectivity index (χ3n) is 3.41. The second kappa shape index (κ2) is 4.79. The van der Waals surface area contributed by atoms with Crippen LogP contribution in [0.5, 0.6) is 0 Å². The van der Waals surface area contributed by atoms with Crippen LogP contribution in [0.15, 0.2) is 18.2 Å². The van der Waals surface area contributed by atoms with E-state index in [1.165, 1.54) is 0 Å². The van der Waals surface area contributed by atoms with Crippen molar-refractivity contribution < 1.29 is 4.74 Å². The van der Waals surface area contributed by atoms with Crippen molar-refractivity contribution in [1.82, 2.24) is 20.2 Å². The van der Waals surface area contributed by atoms with Gasteiger partial charge in [0.1, 0.15) is 0 Å². The molecule has 0 bridgehead atoms. The lowest BCUT2D eigenvalue weighted by atomic mass is 10.1. The molecule has 3 rings (SSSR count). The van der Waals surface area contributed by atoms with Gasteiger partial charge in [-0.2, -0.15) is 0 Å². The van der Waals surface area contributed by atoms with Gasteiger partial charge in [0, 0.05) is 12.3 Å². The number of hydrogen-bond acceptors (Lipinski definition) is 5. The Morgan fingerprint density at radius 1 is 1.47 bits per heavy atom. The summed E-state index contributed by atoms with van der Waals surface area (Å²) in [6, 6.07) is 5.48. The molecular weight excluding hydrogens is 266 g/mol. The smallest absolute Gasteiger partial charge is 0.185 e. The minimum atomic E-state index is 0.0750. The first-order chi connectivity index (χ1) is 9.18. The summed E-state index contributed by atoms with van der Waals surface area (Å²) in [4.78, 5) is 0. The number of ether oxygens (including phenoxy) is 1. The Kier molecular flexibility index (Phi) is 3.12. The molecule has 2 atom stereocenters. The van der Waals surface area contributed by atoms with Gasteiger partial charge in [-0.05, 0) is 35.9 Å². The molecule has 0 spiro atoms. The Labute approximate surface area is 115 Å². The molecule has 2 heterocycles. The van der Waals surface area contributed by atoms with E-state index in [1.54, 1.807) is 22.9 Å². The van der Waals surface area contributed by atoms with E-state index in [9.17, 15) is 0 Å². The number of benzene rings is 1. The first-order valence-corrected chi connectivity index (χ1v) is 6.50. The van der Waals surface area contributed by atoms with E-state index in [4.69, 9.17) is 22.1 Å². The van der Waals surface area contributed by atoms with Crippen LogP contribution in [-0.4, -0.2) is 32.9 Å². The molecule has 1 aromatic carbocycles. The van der Waals surface area contributed by atoms with Crippen LogP contribution in [0.1, 0.15) is 19.4 Å². The largest absolute Gasteiger partial charge is 0.398 e. The van der Waals surface area contributed by atoms with Gasteiger partial charge < -0.3 is 10.5 Å². The number of aromatic nitrogens is 4. The van der Waals surface area contributed by atoms with Gasteiger partial charge in [-0.3, -0.25) is 0 Å². The molecule has 1 aliphatic rings. The van der Waals surface area contributed by atoms with Crippen molar-refractivity contribution in [3.8, 4) is 11.4 Å². The normalized spacial score (nSPS) is 22.8. The van der Waals surface area contributed by atoms with E-state index in [0.717, 1.165) is 6.42 Å². The summed E-state index contributed by atoms with van der Waals surface area (Å²) in [6.07, 6.45) is 0.954. The molecule has 0 saturated carbocycles. The van der Waals surface area contributed by atoms with Crippen LogP contribution in [0, 0.1) is 0 Å². The van der Waals surface area contributed by atoms with Crippen molar-refractivity contribution in [3.63, 3.8) is 0 Å². The third-order valence-corrected chi connectivity index (χ3v) is 3.73. The molecule has 7 heteroatoms. The van der Waals surface area contributed by atoms with E-state index in [2.05, 4.69) is 15.5 Å². The summed E-state index contributed by atoms with van der Waals surface area (Å²) in [5, 5.41) is 12.4. The highest BCUT2D eigenvalue weighted by molar-refractivity contribution is 6.33. The van der Waals surface area contributed by atoms with Gasteiger partial charge in [0.15, 0.2) is 5.82 Å². The number of nitrogen functional groups attached to an aromatic ring is 1. The first kappa shape index (κ1) is 12.4.